The van der Waals surface area contributed by atoms with Crippen LogP contribution in [0.3, 0.4) is 0 Å². The van der Waals surface area contributed by atoms with E-state index in [9.17, 15) is 4.79 Å². The van der Waals surface area contributed by atoms with E-state index in [4.69, 9.17) is 9.51 Å². The summed E-state index contributed by atoms with van der Waals surface area (Å²) in [7, 11) is 0. The van der Waals surface area contributed by atoms with Crippen LogP contribution in [0.1, 0.15) is 36.3 Å². The third kappa shape index (κ3) is 3.88. The molecule has 2 aliphatic rings. The fraction of sp³-hybridized carbons (Fsp3) is 0.400. The number of nitrogens with one attached hydrogen (secondary N) is 1. The topological polar surface area (TPSA) is 74.5 Å². The van der Waals surface area contributed by atoms with E-state index in [1.165, 1.54) is 0 Å². The average molecular weight is 432 g/mol. The maximum absolute atomic E-state index is 13.9. The van der Waals surface area contributed by atoms with E-state index >= 15 is 0 Å². The highest BCUT2D eigenvalue weighted by molar-refractivity contribution is 6.03. The maximum Gasteiger partial charge on any atom is 0.326 e. The van der Waals surface area contributed by atoms with Crippen molar-refractivity contribution in [2.75, 3.05) is 31.1 Å². The normalized spacial score (nSPS) is 19.1. The van der Waals surface area contributed by atoms with Crippen molar-refractivity contribution >= 4 is 28.2 Å². The molecule has 2 aromatic heterocycles. The second kappa shape index (κ2) is 8.74. The number of aromatic nitrogens is 2. The molecule has 0 radical (unpaired) electrons. The monoisotopic (exact) mass is 431 g/mol. The minimum atomic E-state index is 0.0194. The standard InChI is InChI=1S/C25H29N5O2/c1-17-5-3-6-20-8-12-27-24(23(17)20)30(21-7-4-11-26-16-21)25(31)29-13-9-19(10-14-29)22-15-18(2)28-32-22/h3,5-6,8-9,12,15,21,26H,4,7,10-11,13-14,16H2,1-2H3/t21-/m1/s1. The smallest absolute Gasteiger partial charge is 0.326 e. The number of hydrogen-bond donors (Lipinski definition) is 1. The molecule has 0 saturated carbocycles. The number of pyridine rings is 1. The zero-order valence-electron chi connectivity index (χ0n) is 18.7. The van der Waals surface area contributed by atoms with Gasteiger partial charge in [-0.1, -0.05) is 29.4 Å². The van der Waals surface area contributed by atoms with Gasteiger partial charge in [-0.15, -0.1) is 0 Å². The van der Waals surface area contributed by atoms with Crippen molar-refractivity contribution in [2.45, 2.75) is 39.2 Å². The highest BCUT2D eigenvalue weighted by Crippen LogP contribution is 2.32. The molecule has 0 spiro atoms. The van der Waals surface area contributed by atoms with Crippen molar-refractivity contribution in [1.82, 2.24) is 20.4 Å². The molecule has 5 rings (SSSR count). The molecule has 0 aliphatic carbocycles. The SMILES string of the molecule is Cc1cc(C2=CCN(C(=O)N(c3nccc4cccc(C)c34)[C@@H]3CCCNC3)CC2)on1. The van der Waals surface area contributed by atoms with Crippen LogP contribution in [0.25, 0.3) is 16.3 Å². The van der Waals surface area contributed by atoms with Gasteiger partial charge in [-0.3, -0.25) is 4.90 Å². The third-order valence-electron chi connectivity index (χ3n) is 6.47. The Bertz CT molecular complexity index is 1160. The number of piperidine rings is 1. The first-order chi connectivity index (χ1) is 15.6. The third-order valence-corrected chi connectivity index (χ3v) is 6.47. The molecule has 7 nitrogen and oxygen atoms in total. The van der Waals surface area contributed by atoms with Crippen LogP contribution in [0.5, 0.6) is 0 Å². The van der Waals surface area contributed by atoms with Crippen LogP contribution in [-0.4, -0.2) is 53.3 Å². The van der Waals surface area contributed by atoms with Crippen LogP contribution in [0.4, 0.5) is 10.6 Å². The quantitative estimate of drug-likeness (QED) is 0.669. The van der Waals surface area contributed by atoms with Crippen molar-refractivity contribution in [3.63, 3.8) is 0 Å². The van der Waals surface area contributed by atoms with Crippen molar-refractivity contribution < 1.29 is 9.32 Å². The van der Waals surface area contributed by atoms with Gasteiger partial charge in [-0.05, 0) is 62.2 Å². The lowest BCUT2D eigenvalue weighted by Gasteiger charge is -2.38. The summed E-state index contributed by atoms with van der Waals surface area (Å²) in [4.78, 5) is 22.5. The molecule has 4 heterocycles. The minimum absolute atomic E-state index is 0.0194. The first kappa shape index (κ1) is 20.7. The number of fused-ring (bicyclic) bond motifs is 1. The van der Waals surface area contributed by atoms with E-state index in [2.05, 4.69) is 41.7 Å². The Morgan fingerprint density at radius 3 is 2.91 bits per heavy atom. The number of nitrogens with zero attached hydrogens (tertiary/aromatic N) is 4. The maximum atomic E-state index is 13.9. The molecule has 32 heavy (non-hydrogen) atoms. The Morgan fingerprint density at radius 2 is 2.19 bits per heavy atom. The second-order valence-electron chi connectivity index (χ2n) is 8.72. The largest absolute Gasteiger partial charge is 0.356 e. The number of anilines is 1. The molecule has 1 saturated heterocycles. The molecule has 166 valence electrons. The molecule has 0 bridgehead atoms. The van der Waals surface area contributed by atoms with Gasteiger partial charge < -0.3 is 14.7 Å². The fourth-order valence-corrected chi connectivity index (χ4v) is 4.78. The Balaban J connectivity index is 1.48. The van der Waals surface area contributed by atoms with E-state index < -0.39 is 0 Å². The van der Waals surface area contributed by atoms with Gasteiger partial charge in [-0.25, -0.2) is 9.78 Å². The van der Waals surface area contributed by atoms with E-state index in [1.807, 2.05) is 35.1 Å². The highest BCUT2D eigenvalue weighted by atomic mass is 16.5. The molecular weight excluding hydrogens is 402 g/mol. The Morgan fingerprint density at radius 1 is 1.28 bits per heavy atom. The van der Waals surface area contributed by atoms with Gasteiger partial charge >= 0.3 is 6.03 Å². The Hall–Kier alpha value is -3.19. The Kier molecular flexibility index (Phi) is 5.66. The number of aryl methyl sites for hydroxylation is 2. The number of carbonyl (C=O) groups excluding carboxylic acids is 1. The molecule has 1 N–H and O–H groups in total. The molecule has 0 unspecified atom stereocenters. The summed E-state index contributed by atoms with van der Waals surface area (Å²) < 4.78 is 5.42. The van der Waals surface area contributed by atoms with Gasteiger partial charge in [0.05, 0.1) is 11.7 Å². The van der Waals surface area contributed by atoms with Crippen molar-refractivity contribution in [3.8, 4) is 0 Å². The lowest BCUT2D eigenvalue weighted by atomic mass is 10.0. The van der Waals surface area contributed by atoms with Gasteiger partial charge in [0.1, 0.15) is 5.82 Å². The number of hydrogen-bond acceptors (Lipinski definition) is 5. The number of urea groups is 1. The molecule has 7 heteroatoms. The first-order valence-electron chi connectivity index (χ1n) is 11.4. The Labute approximate surface area is 188 Å². The van der Waals surface area contributed by atoms with Gasteiger partial charge in [0, 0.05) is 37.3 Å². The predicted octanol–water partition coefficient (Wildman–Crippen LogP) is 4.31. The van der Waals surface area contributed by atoms with E-state index in [-0.39, 0.29) is 12.1 Å². The van der Waals surface area contributed by atoms with Crippen LogP contribution < -0.4 is 10.2 Å². The number of benzene rings is 1. The van der Waals surface area contributed by atoms with Crippen LogP contribution in [-0.2, 0) is 0 Å². The molecule has 2 amide bonds. The molecular formula is C25H29N5O2. The summed E-state index contributed by atoms with van der Waals surface area (Å²) in [5.74, 6) is 1.56. The summed E-state index contributed by atoms with van der Waals surface area (Å²) in [6.07, 6.45) is 6.66. The zero-order chi connectivity index (χ0) is 22.1. The number of rotatable bonds is 3. The van der Waals surface area contributed by atoms with Crippen LogP contribution >= 0.6 is 0 Å². The summed E-state index contributed by atoms with van der Waals surface area (Å²) >= 11 is 0. The van der Waals surface area contributed by atoms with Gasteiger partial charge in [0.25, 0.3) is 0 Å². The molecule has 1 aromatic carbocycles. The predicted molar refractivity (Wildman–Crippen MR) is 126 cm³/mol. The van der Waals surface area contributed by atoms with Crippen LogP contribution in [0.15, 0.2) is 47.1 Å². The molecule has 1 atom stereocenters. The number of carbonyl (C=O) groups is 1. The highest BCUT2D eigenvalue weighted by Gasteiger charge is 2.33. The lowest BCUT2D eigenvalue weighted by Crippen LogP contribution is -2.54. The summed E-state index contributed by atoms with van der Waals surface area (Å²) in [6.45, 7) is 6.97. The second-order valence-corrected chi connectivity index (χ2v) is 8.72. The van der Waals surface area contributed by atoms with Crippen LogP contribution in [0.2, 0.25) is 0 Å². The molecule has 2 aliphatic heterocycles. The van der Waals surface area contributed by atoms with E-state index in [1.54, 1.807) is 0 Å². The first-order valence-corrected chi connectivity index (χ1v) is 11.4. The fourth-order valence-electron chi connectivity index (χ4n) is 4.78. The number of amides is 2. The molecule has 1 fully saturated rings. The van der Waals surface area contributed by atoms with Crippen LogP contribution in [0, 0.1) is 13.8 Å². The summed E-state index contributed by atoms with van der Waals surface area (Å²) in [5, 5.41) is 9.62. The van der Waals surface area contributed by atoms with Crippen molar-refractivity contribution in [3.05, 3.63) is 59.6 Å². The molecule has 3 aromatic rings. The van der Waals surface area contributed by atoms with Gasteiger partial charge in [0.2, 0.25) is 0 Å². The lowest BCUT2D eigenvalue weighted by molar-refractivity contribution is 0.205. The van der Waals surface area contributed by atoms with Gasteiger partial charge in [-0.2, -0.15) is 0 Å². The van der Waals surface area contributed by atoms with Gasteiger partial charge in [0.15, 0.2) is 5.76 Å². The van der Waals surface area contributed by atoms with Crippen molar-refractivity contribution in [1.29, 1.82) is 0 Å². The van der Waals surface area contributed by atoms with E-state index in [0.717, 1.165) is 71.5 Å². The summed E-state index contributed by atoms with van der Waals surface area (Å²) in [6, 6.07) is 10.3. The van der Waals surface area contributed by atoms with Crippen molar-refractivity contribution in [2.24, 2.45) is 0 Å². The zero-order valence-corrected chi connectivity index (χ0v) is 18.7. The van der Waals surface area contributed by atoms with E-state index in [0.29, 0.717) is 13.1 Å². The minimum Gasteiger partial charge on any atom is -0.356 e. The average Bonchev–Trinajstić information content (AvgIpc) is 3.26. The summed E-state index contributed by atoms with van der Waals surface area (Å²) in [5.41, 5.74) is 3.11.